The van der Waals surface area contributed by atoms with Crippen molar-refractivity contribution < 1.29 is 13.2 Å². The Bertz CT molecular complexity index is 816. The van der Waals surface area contributed by atoms with Gasteiger partial charge in [-0.05, 0) is 56.7 Å². The molecular weight excluding hydrogens is 348 g/mol. The number of hydrogen-bond donors (Lipinski definition) is 1. The van der Waals surface area contributed by atoms with E-state index < -0.39 is 10.0 Å². The summed E-state index contributed by atoms with van der Waals surface area (Å²) in [7, 11) is -3.56. The normalized spacial score (nSPS) is 11.5. The van der Waals surface area contributed by atoms with E-state index in [0.717, 1.165) is 18.5 Å². The van der Waals surface area contributed by atoms with E-state index >= 15 is 0 Å². The topological polar surface area (TPSA) is 66.5 Å². The Morgan fingerprint density at radius 3 is 2.19 bits per heavy atom. The van der Waals surface area contributed by atoms with Gasteiger partial charge in [-0.3, -0.25) is 4.79 Å². The van der Waals surface area contributed by atoms with Gasteiger partial charge in [-0.15, -0.1) is 0 Å². The van der Waals surface area contributed by atoms with Crippen LogP contribution in [0.2, 0.25) is 0 Å². The van der Waals surface area contributed by atoms with Gasteiger partial charge in [0.1, 0.15) is 0 Å². The molecule has 0 fully saturated rings. The summed E-state index contributed by atoms with van der Waals surface area (Å²) in [6, 6.07) is 15.4. The summed E-state index contributed by atoms with van der Waals surface area (Å²) in [6.45, 7) is 6.23. The third kappa shape index (κ3) is 5.16. The maximum atomic E-state index is 13.0. The third-order valence-corrected chi connectivity index (χ3v) is 5.53. The molecule has 2 aromatic rings. The SMILES string of the molecule is CCCCN(C(=O)c1ccc(S(=O)(=O)NC(C)C)cc1)c1ccccc1. The average molecular weight is 375 g/mol. The first kappa shape index (κ1) is 20.1. The number of carbonyl (C=O) groups is 1. The van der Waals surface area contributed by atoms with Crippen LogP contribution in [0.3, 0.4) is 0 Å². The van der Waals surface area contributed by atoms with Crippen LogP contribution >= 0.6 is 0 Å². The van der Waals surface area contributed by atoms with Crippen molar-refractivity contribution in [2.24, 2.45) is 0 Å². The third-order valence-electron chi connectivity index (χ3n) is 3.85. The minimum absolute atomic E-state index is 0.134. The molecule has 0 aliphatic carbocycles. The number of rotatable bonds is 8. The van der Waals surface area contributed by atoms with Gasteiger partial charge in [0.2, 0.25) is 10.0 Å². The molecule has 0 unspecified atom stereocenters. The van der Waals surface area contributed by atoms with Crippen molar-refractivity contribution in [2.45, 2.75) is 44.6 Å². The molecule has 1 N–H and O–H groups in total. The van der Waals surface area contributed by atoms with Gasteiger partial charge >= 0.3 is 0 Å². The van der Waals surface area contributed by atoms with Crippen LogP contribution in [-0.2, 0) is 10.0 Å². The van der Waals surface area contributed by atoms with Crippen molar-refractivity contribution >= 4 is 21.6 Å². The van der Waals surface area contributed by atoms with Crippen LogP contribution in [0.1, 0.15) is 44.0 Å². The average Bonchev–Trinajstić information content (AvgIpc) is 2.62. The molecule has 0 aromatic heterocycles. The zero-order chi connectivity index (χ0) is 19.2. The van der Waals surface area contributed by atoms with Crippen molar-refractivity contribution in [1.29, 1.82) is 0 Å². The maximum Gasteiger partial charge on any atom is 0.258 e. The number of sulfonamides is 1. The van der Waals surface area contributed by atoms with E-state index in [1.165, 1.54) is 12.1 Å². The van der Waals surface area contributed by atoms with Crippen LogP contribution in [0.5, 0.6) is 0 Å². The fourth-order valence-corrected chi connectivity index (χ4v) is 3.83. The zero-order valence-corrected chi connectivity index (χ0v) is 16.3. The van der Waals surface area contributed by atoms with Crippen LogP contribution in [0.4, 0.5) is 5.69 Å². The van der Waals surface area contributed by atoms with E-state index in [-0.39, 0.29) is 16.8 Å². The Balaban J connectivity index is 2.26. The van der Waals surface area contributed by atoms with Crippen molar-refractivity contribution in [1.82, 2.24) is 4.72 Å². The van der Waals surface area contributed by atoms with E-state index in [9.17, 15) is 13.2 Å². The summed E-state index contributed by atoms with van der Waals surface area (Å²) >= 11 is 0. The van der Waals surface area contributed by atoms with E-state index in [0.29, 0.717) is 12.1 Å². The summed E-state index contributed by atoms with van der Waals surface area (Å²) in [5.74, 6) is -0.134. The number of benzene rings is 2. The second-order valence-electron chi connectivity index (χ2n) is 6.45. The standard InChI is InChI=1S/C20H26N2O3S/c1-4-5-15-22(18-9-7-6-8-10-18)20(23)17-11-13-19(14-12-17)26(24,25)21-16(2)3/h6-14,16,21H,4-5,15H2,1-3H3. The lowest BCUT2D eigenvalue weighted by Crippen LogP contribution is -2.32. The van der Waals surface area contributed by atoms with E-state index in [1.54, 1.807) is 30.9 Å². The molecule has 0 atom stereocenters. The van der Waals surface area contributed by atoms with Gasteiger partial charge in [-0.2, -0.15) is 0 Å². The van der Waals surface area contributed by atoms with Crippen LogP contribution in [0, 0.1) is 0 Å². The molecule has 0 saturated carbocycles. The lowest BCUT2D eigenvalue weighted by atomic mass is 10.1. The Kier molecular flexibility index (Phi) is 6.94. The van der Waals surface area contributed by atoms with E-state index in [4.69, 9.17) is 0 Å². The molecule has 2 rings (SSSR count). The highest BCUT2D eigenvalue weighted by molar-refractivity contribution is 7.89. The minimum Gasteiger partial charge on any atom is -0.308 e. The van der Waals surface area contributed by atoms with Gasteiger partial charge in [0.25, 0.3) is 5.91 Å². The highest BCUT2D eigenvalue weighted by Crippen LogP contribution is 2.19. The van der Waals surface area contributed by atoms with Crippen molar-refractivity contribution in [3.05, 3.63) is 60.2 Å². The first-order chi connectivity index (χ1) is 12.3. The largest absolute Gasteiger partial charge is 0.308 e. The summed E-state index contributed by atoms with van der Waals surface area (Å²) in [6.07, 6.45) is 1.88. The molecule has 2 aromatic carbocycles. The molecule has 0 bridgehead atoms. The predicted octanol–water partition coefficient (Wildman–Crippen LogP) is 3.82. The highest BCUT2D eigenvalue weighted by atomic mass is 32.2. The molecule has 6 heteroatoms. The van der Waals surface area contributed by atoms with Crippen LogP contribution in [-0.4, -0.2) is 26.9 Å². The van der Waals surface area contributed by atoms with Gasteiger partial charge in [0.15, 0.2) is 0 Å². The molecule has 5 nitrogen and oxygen atoms in total. The van der Waals surface area contributed by atoms with Crippen molar-refractivity contribution in [3.63, 3.8) is 0 Å². The molecule has 0 radical (unpaired) electrons. The molecule has 0 saturated heterocycles. The number of hydrogen-bond acceptors (Lipinski definition) is 3. The molecule has 0 aliphatic heterocycles. The molecule has 0 aliphatic rings. The monoisotopic (exact) mass is 374 g/mol. The lowest BCUT2D eigenvalue weighted by Gasteiger charge is -2.23. The second kappa shape index (κ2) is 8.96. The van der Waals surface area contributed by atoms with Crippen LogP contribution in [0.15, 0.2) is 59.5 Å². The first-order valence-electron chi connectivity index (χ1n) is 8.84. The first-order valence-corrected chi connectivity index (χ1v) is 10.3. The lowest BCUT2D eigenvalue weighted by molar-refractivity contribution is 0.0986. The van der Waals surface area contributed by atoms with Crippen LogP contribution in [0.25, 0.3) is 0 Å². The smallest absolute Gasteiger partial charge is 0.258 e. The molecule has 140 valence electrons. The summed E-state index contributed by atoms with van der Waals surface area (Å²) in [4.78, 5) is 14.8. The van der Waals surface area contributed by atoms with Gasteiger partial charge in [0, 0.05) is 23.8 Å². The van der Waals surface area contributed by atoms with Crippen molar-refractivity contribution in [2.75, 3.05) is 11.4 Å². The fourth-order valence-electron chi connectivity index (χ4n) is 2.58. The number of amides is 1. The second-order valence-corrected chi connectivity index (χ2v) is 8.16. The van der Waals surface area contributed by atoms with Gasteiger partial charge in [0.05, 0.1) is 4.90 Å². The Morgan fingerprint density at radius 1 is 1.04 bits per heavy atom. The van der Waals surface area contributed by atoms with Gasteiger partial charge in [-0.1, -0.05) is 31.5 Å². The fraction of sp³-hybridized carbons (Fsp3) is 0.350. The van der Waals surface area contributed by atoms with E-state index in [1.807, 2.05) is 30.3 Å². The Morgan fingerprint density at radius 2 is 1.65 bits per heavy atom. The number of para-hydroxylation sites is 1. The highest BCUT2D eigenvalue weighted by Gasteiger charge is 2.19. The summed E-state index contributed by atoms with van der Waals surface area (Å²) in [5.41, 5.74) is 1.30. The molecular formula is C20H26N2O3S. The van der Waals surface area contributed by atoms with Gasteiger partial charge < -0.3 is 4.90 Å². The summed E-state index contributed by atoms with van der Waals surface area (Å²) in [5, 5.41) is 0. The molecule has 26 heavy (non-hydrogen) atoms. The number of carbonyl (C=O) groups excluding carboxylic acids is 1. The summed E-state index contributed by atoms with van der Waals surface area (Å²) < 4.78 is 27.0. The van der Waals surface area contributed by atoms with Crippen LogP contribution < -0.4 is 9.62 Å². The quantitative estimate of drug-likeness (QED) is 0.764. The zero-order valence-electron chi connectivity index (χ0n) is 15.5. The molecule has 1 amide bonds. The molecule has 0 spiro atoms. The molecule has 0 heterocycles. The maximum absolute atomic E-state index is 13.0. The number of nitrogens with zero attached hydrogens (tertiary/aromatic N) is 1. The predicted molar refractivity (Wildman–Crippen MR) is 105 cm³/mol. The van der Waals surface area contributed by atoms with E-state index in [2.05, 4.69) is 11.6 Å². The Labute approximate surface area is 156 Å². The van der Waals surface area contributed by atoms with Gasteiger partial charge in [-0.25, -0.2) is 13.1 Å². The number of anilines is 1. The Hall–Kier alpha value is -2.18. The van der Waals surface area contributed by atoms with Crippen molar-refractivity contribution in [3.8, 4) is 0 Å². The number of unbranched alkanes of at least 4 members (excludes halogenated alkanes) is 1. The number of nitrogens with one attached hydrogen (secondary N) is 1. The minimum atomic E-state index is -3.56.